The predicted octanol–water partition coefficient (Wildman–Crippen LogP) is 4.50. The summed E-state index contributed by atoms with van der Waals surface area (Å²) < 4.78 is 41.7. The normalized spacial score (nSPS) is 13.6. The monoisotopic (exact) mass is 408 g/mol. The highest BCUT2D eigenvalue weighted by Crippen LogP contribution is 2.32. The molecule has 1 aromatic heterocycles. The lowest BCUT2D eigenvalue weighted by Gasteiger charge is -2.13. The number of hydrogen-bond acceptors (Lipinski definition) is 3. The van der Waals surface area contributed by atoms with E-state index in [1.807, 2.05) is 0 Å². The Morgan fingerprint density at radius 3 is 2.43 bits per heavy atom. The first kappa shape index (κ1) is 19.8. The zero-order valence-corrected chi connectivity index (χ0v) is 15.4. The van der Waals surface area contributed by atoms with Gasteiger partial charge in [0.2, 0.25) is 0 Å². The molecule has 1 N–H and O–H groups in total. The molecular formula is C19H15F3N2O3S. The molecule has 146 valence electrons. The summed E-state index contributed by atoms with van der Waals surface area (Å²) in [5.74, 6) is -2.19. The average molecular weight is 408 g/mol. The van der Waals surface area contributed by atoms with E-state index >= 15 is 0 Å². The van der Waals surface area contributed by atoms with Crippen LogP contribution < -0.4 is 4.80 Å². The number of carboxylic acids is 1. The second-order valence-electron chi connectivity index (χ2n) is 5.94. The molecule has 0 saturated carbocycles. The first-order valence-electron chi connectivity index (χ1n) is 8.32. The molecule has 1 atom stereocenters. The highest BCUT2D eigenvalue weighted by molar-refractivity contribution is 7.16. The average Bonchev–Trinajstić information content (AvgIpc) is 2.99. The second-order valence-corrected chi connectivity index (χ2v) is 6.95. The third-order valence-corrected chi connectivity index (χ3v) is 5.21. The van der Waals surface area contributed by atoms with Crippen molar-refractivity contribution in [3.05, 3.63) is 64.5 Å². The molecule has 0 aliphatic heterocycles. The highest BCUT2D eigenvalue weighted by atomic mass is 32.1. The summed E-state index contributed by atoms with van der Waals surface area (Å²) >= 11 is 1.05. The van der Waals surface area contributed by atoms with Crippen molar-refractivity contribution in [2.24, 2.45) is 4.99 Å². The molecule has 3 aromatic rings. The van der Waals surface area contributed by atoms with Crippen LogP contribution in [0.5, 0.6) is 0 Å². The Morgan fingerprint density at radius 2 is 1.79 bits per heavy atom. The maximum atomic E-state index is 13.2. The fourth-order valence-electron chi connectivity index (χ4n) is 2.90. The lowest BCUT2D eigenvalue weighted by atomic mass is 10.1. The van der Waals surface area contributed by atoms with E-state index in [-0.39, 0.29) is 11.2 Å². The topological polar surface area (TPSA) is 71.7 Å². The molecule has 0 spiro atoms. The van der Waals surface area contributed by atoms with Crippen LogP contribution in [0.1, 0.15) is 35.3 Å². The van der Waals surface area contributed by atoms with Crippen molar-refractivity contribution >= 4 is 33.4 Å². The van der Waals surface area contributed by atoms with Crippen LogP contribution in [-0.4, -0.2) is 21.6 Å². The number of aliphatic carboxylic acids is 1. The SMILES string of the molecule is CCC(C(=O)O)n1c(=NC(=O)c2ccccc2C(F)(F)F)sc2ccccc21. The number of alkyl halides is 3. The molecule has 1 heterocycles. The smallest absolute Gasteiger partial charge is 0.417 e. The van der Waals surface area contributed by atoms with Crippen molar-refractivity contribution in [1.29, 1.82) is 0 Å². The van der Waals surface area contributed by atoms with Crippen LogP contribution in [-0.2, 0) is 11.0 Å². The van der Waals surface area contributed by atoms with Gasteiger partial charge in [-0.05, 0) is 30.7 Å². The minimum Gasteiger partial charge on any atom is -0.480 e. The van der Waals surface area contributed by atoms with E-state index in [1.54, 1.807) is 31.2 Å². The fraction of sp³-hybridized carbons (Fsp3) is 0.211. The first-order chi connectivity index (χ1) is 13.2. The predicted molar refractivity (Wildman–Crippen MR) is 98.1 cm³/mol. The zero-order valence-electron chi connectivity index (χ0n) is 14.6. The number of benzene rings is 2. The zero-order chi connectivity index (χ0) is 20.5. The molecular weight excluding hydrogens is 393 g/mol. The number of halogens is 3. The number of carbonyl (C=O) groups is 2. The number of aromatic nitrogens is 1. The maximum Gasteiger partial charge on any atom is 0.417 e. The summed E-state index contributed by atoms with van der Waals surface area (Å²) in [7, 11) is 0. The number of fused-ring (bicyclic) bond motifs is 1. The summed E-state index contributed by atoms with van der Waals surface area (Å²) in [5, 5.41) is 9.54. The minimum absolute atomic E-state index is 0.0393. The number of carbonyl (C=O) groups excluding carboxylic acids is 1. The number of carboxylic acid groups (broad SMARTS) is 1. The summed E-state index contributed by atoms with van der Waals surface area (Å²) in [6.07, 6.45) is -4.48. The van der Waals surface area contributed by atoms with Crippen LogP contribution in [0.15, 0.2) is 53.5 Å². The van der Waals surface area contributed by atoms with Gasteiger partial charge in [0, 0.05) is 0 Å². The summed E-state index contributed by atoms with van der Waals surface area (Å²) in [6, 6.07) is 10.3. The van der Waals surface area contributed by atoms with Gasteiger partial charge < -0.3 is 9.67 Å². The molecule has 0 radical (unpaired) electrons. The van der Waals surface area contributed by atoms with E-state index in [9.17, 15) is 27.9 Å². The van der Waals surface area contributed by atoms with Gasteiger partial charge in [-0.1, -0.05) is 42.5 Å². The Hall–Kier alpha value is -2.94. The summed E-state index contributed by atoms with van der Waals surface area (Å²) in [6.45, 7) is 1.67. The van der Waals surface area contributed by atoms with Gasteiger partial charge in [-0.3, -0.25) is 4.79 Å². The first-order valence-corrected chi connectivity index (χ1v) is 9.13. The van der Waals surface area contributed by atoms with Gasteiger partial charge in [-0.15, -0.1) is 0 Å². The summed E-state index contributed by atoms with van der Waals surface area (Å²) in [4.78, 5) is 28.2. The van der Waals surface area contributed by atoms with Crippen molar-refractivity contribution in [2.75, 3.05) is 0 Å². The van der Waals surface area contributed by atoms with Crippen molar-refractivity contribution in [3.63, 3.8) is 0 Å². The molecule has 3 rings (SSSR count). The van der Waals surface area contributed by atoms with Gasteiger partial charge in [-0.2, -0.15) is 18.2 Å². The number of para-hydroxylation sites is 1. The molecule has 5 nitrogen and oxygen atoms in total. The Kier molecular flexibility index (Phi) is 5.37. The van der Waals surface area contributed by atoms with Crippen LogP contribution in [0.3, 0.4) is 0 Å². The molecule has 0 aliphatic rings. The molecule has 28 heavy (non-hydrogen) atoms. The van der Waals surface area contributed by atoms with Crippen molar-refractivity contribution in [2.45, 2.75) is 25.6 Å². The van der Waals surface area contributed by atoms with Crippen molar-refractivity contribution < 1.29 is 27.9 Å². The Bertz CT molecular complexity index is 1120. The molecule has 0 saturated heterocycles. The Labute approximate surface area is 161 Å². The Morgan fingerprint density at radius 1 is 1.14 bits per heavy atom. The van der Waals surface area contributed by atoms with Crippen LogP contribution >= 0.6 is 11.3 Å². The third-order valence-electron chi connectivity index (χ3n) is 4.18. The molecule has 9 heteroatoms. The Balaban J connectivity index is 2.23. The number of amides is 1. The molecule has 0 fully saturated rings. The van der Waals surface area contributed by atoms with E-state index in [2.05, 4.69) is 4.99 Å². The maximum absolute atomic E-state index is 13.2. The van der Waals surface area contributed by atoms with Crippen LogP contribution in [0, 0.1) is 0 Å². The largest absolute Gasteiger partial charge is 0.480 e. The molecule has 0 aliphatic carbocycles. The summed E-state index contributed by atoms with van der Waals surface area (Å²) in [5.41, 5.74) is -1.11. The molecule has 1 amide bonds. The minimum atomic E-state index is -4.70. The van der Waals surface area contributed by atoms with E-state index in [0.717, 1.165) is 23.5 Å². The van der Waals surface area contributed by atoms with Crippen molar-refractivity contribution in [3.8, 4) is 0 Å². The van der Waals surface area contributed by atoms with Gasteiger partial charge in [0.05, 0.1) is 21.3 Å². The number of thiazole rings is 1. The van der Waals surface area contributed by atoms with E-state index < -0.39 is 35.2 Å². The third kappa shape index (κ3) is 3.70. The standard InChI is InChI=1S/C19H15F3N2O3S/c1-2-13(17(26)27)24-14-9-5-6-10-15(14)28-18(24)23-16(25)11-7-3-4-8-12(11)19(20,21)22/h3-10,13H,2H2,1H3,(H,26,27). The number of nitrogens with zero attached hydrogens (tertiary/aromatic N) is 2. The molecule has 1 unspecified atom stereocenters. The van der Waals surface area contributed by atoms with Gasteiger partial charge in [0.25, 0.3) is 5.91 Å². The van der Waals surface area contributed by atoms with E-state index in [1.165, 1.54) is 16.7 Å². The number of hydrogen-bond donors (Lipinski definition) is 1. The van der Waals surface area contributed by atoms with Gasteiger partial charge in [-0.25, -0.2) is 4.79 Å². The fourth-order valence-corrected chi connectivity index (χ4v) is 3.97. The van der Waals surface area contributed by atoms with E-state index in [4.69, 9.17) is 0 Å². The van der Waals surface area contributed by atoms with Gasteiger partial charge in [0.15, 0.2) is 4.80 Å². The lowest BCUT2D eigenvalue weighted by molar-refractivity contribution is -0.141. The molecule has 0 bridgehead atoms. The number of rotatable bonds is 4. The highest BCUT2D eigenvalue weighted by Gasteiger charge is 2.35. The van der Waals surface area contributed by atoms with Gasteiger partial charge in [0.1, 0.15) is 6.04 Å². The van der Waals surface area contributed by atoms with Crippen LogP contribution in [0.4, 0.5) is 13.2 Å². The van der Waals surface area contributed by atoms with Crippen molar-refractivity contribution in [1.82, 2.24) is 4.57 Å². The quantitative estimate of drug-likeness (QED) is 0.691. The second kappa shape index (κ2) is 7.59. The van der Waals surface area contributed by atoms with E-state index in [0.29, 0.717) is 10.2 Å². The van der Waals surface area contributed by atoms with Crippen LogP contribution in [0.25, 0.3) is 10.2 Å². The molecule has 2 aromatic carbocycles. The van der Waals surface area contributed by atoms with Gasteiger partial charge >= 0.3 is 12.1 Å². The lowest BCUT2D eigenvalue weighted by Crippen LogP contribution is -2.27. The van der Waals surface area contributed by atoms with Crippen LogP contribution in [0.2, 0.25) is 0 Å².